The van der Waals surface area contributed by atoms with Crippen molar-refractivity contribution in [1.82, 2.24) is 15.0 Å². The molecule has 0 fully saturated rings. The van der Waals surface area contributed by atoms with Gasteiger partial charge in [0.1, 0.15) is 16.5 Å². The van der Waals surface area contributed by atoms with E-state index in [-0.39, 0.29) is 5.91 Å². The Morgan fingerprint density at radius 2 is 1.87 bits per heavy atom. The molecule has 0 aliphatic rings. The molecule has 0 aliphatic heterocycles. The molecule has 0 saturated heterocycles. The zero-order valence-corrected chi connectivity index (χ0v) is 18.1. The van der Waals surface area contributed by atoms with Crippen LogP contribution in [0, 0.1) is 6.92 Å². The summed E-state index contributed by atoms with van der Waals surface area (Å²) in [4.78, 5) is 25.8. The predicted molar refractivity (Wildman–Crippen MR) is 127 cm³/mol. The number of benzene rings is 2. The van der Waals surface area contributed by atoms with Gasteiger partial charge in [-0.2, -0.15) is 0 Å². The van der Waals surface area contributed by atoms with Crippen molar-refractivity contribution in [3.63, 3.8) is 0 Å². The second-order valence-electron chi connectivity index (χ2n) is 6.90. The maximum Gasteiger partial charge on any atom is 0.275 e. The first-order valence-corrected chi connectivity index (χ1v) is 11.3. The topological polar surface area (TPSA) is 79.8 Å². The number of rotatable bonds is 5. The third-order valence-electron chi connectivity index (χ3n) is 4.57. The van der Waals surface area contributed by atoms with Crippen LogP contribution < -0.4 is 10.6 Å². The zero-order chi connectivity index (χ0) is 21.2. The van der Waals surface area contributed by atoms with Crippen molar-refractivity contribution in [3.8, 4) is 10.6 Å². The van der Waals surface area contributed by atoms with Crippen LogP contribution in [0.15, 0.2) is 72.2 Å². The third-order valence-corrected chi connectivity index (χ3v) is 6.40. The molecule has 0 aliphatic carbocycles. The van der Waals surface area contributed by atoms with E-state index < -0.39 is 0 Å². The first-order chi connectivity index (χ1) is 15.1. The van der Waals surface area contributed by atoms with E-state index in [0.29, 0.717) is 22.3 Å². The molecular formula is C23H17N5OS2. The standard InChI is InChI=1S/C23H17N5OS2/c1-14-5-10-17-19(12-14)31-22(26-17)15-6-8-16(9-7-15)25-21(29)18-13-30-23(27-18)28-20-4-2-3-11-24-20/h2-13H,1H3,(H,25,29)(H,24,27,28). The Morgan fingerprint density at radius 3 is 2.68 bits per heavy atom. The number of amides is 1. The van der Waals surface area contributed by atoms with Gasteiger partial charge >= 0.3 is 0 Å². The average molecular weight is 444 g/mol. The van der Waals surface area contributed by atoms with E-state index in [1.54, 1.807) is 22.9 Å². The number of anilines is 3. The highest BCUT2D eigenvalue weighted by Gasteiger charge is 2.12. The largest absolute Gasteiger partial charge is 0.321 e. The molecule has 8 heteroatoms. The molecule has 0 radical (unpaired) electrons. The number of nitrogens with zero attached hydrogens (tertiary/aromatic N) is 3. The lowest BCUT2D eigenvalue weighted by Gasteiger charge is -2.04. The van der Waals surface area contributed by atoms with Crippen LogP contribution in [0.3, 0.4) is 0 Å². The molecule has 0 atom stereocenters. The molecule has 152 valence electrons. The first kappa shape index (κ1) is 19.3. The minimum absolute atomic E-state index is 0.256. The molecule has 2 aromatic carbocycles. The second-order valence-corrected chi connectivity index (χ2v) is 8.79. The van der Waals surface area contributed by atoms with Crippen LogP contribution in [0.25, 0.3) is 20.8 Å². The van der Waals surface area contributed by atoms with Crippen molar-refractivity contribution in [1.29, 1.82) is 0 Å². The summed E-state index contributed by atoms with van der Waals surface area (Å²) in [6, 6.07) is 19.5. The van der Waals surface area contributed by atoms with Crippen LogP contribution >= 0.6 is 22.7 Å². The number of hydrogen-bond donors (Lipinski definition) is 2. The lowest BCUT2D eigenvalue weighted by molar-refractivity contribution is 0.102. The molecule has 1 amide bonds. The fourth-order valence-corrected chi connectivity index (χ4v) is 4.80. The number of thiazole rings is 2. The summed E-state index contributed by atoms with van der Waals surface area (Å²) in [5.41, 5.74) is 4.31. The monoisotopic (exact) mass is 443 g/mol. The summed E-state index contributed by atoms with van der Waals surface area (Å²) >= 11 is 3.02. The molecule has 3 aromatic heterocycles. The van der Waals surface area contributed by atoms with Gasteiger partial charge in [0.2, 0.25) is 0 Å². The van der Waals surface area contributed by atoms with Gasteiger partial charge in [0.25, 0.3) is 5.91 Å². The Kier molecular flexibility index (Phi) is 5.15. The van der Waals surface area contributed by atoms with Crippen LogP contribution in [-0.2, 0) is 0 Å². The van der Waals surface area contributed by atoms with Gasteiger partial charge in [-0.25, -0.2) is 15.0 Å². The van der Waals surface area contributed by atoms with E-state index in [9.17, 15) is 4.79 Å². The van der Waals surface area contributed by atoms with E-state index >= 15 is 0 Å². The van der Waals surface area contributed by atoms with Crippen molar-refractivity contribution in [2.75, 3.05) is 10.6 Å². The number of carbonyl (C=O) groups excluding carboxylic acids is 1. The highest BCUT2D eigenvalue weighted by atomic mass is 32.1. The maximum absolute atomic E-state index is 12.6. The van der Waals surface area contributed by atoms with Gasteiger partial charge < -0.3 is 10.6 Å². The van der Waals surface area contributed by atoms with Crippen molar-refractivity contribution in [2.24, 2.45) is 0 Å². The van der Waals surface area contributed by atoms with Gasteiger partial charge in [-0.3, -0.25) is 4.79 Å². The van der Waals surface area contributed by atoms with Crippen LogP contribution in [0.4, 0.5) is 16.6 Å². The van der Waals surface area contributed by atoms with E-state index in [1.165, 1.54) is 21.6 Å². The highest BCUT2D eigenvalue weighted by molar-refractivity contribution is 7.21. The van der Waals surface area contributed by atoms with Crippen LogP contribution in [0.1, 0.15) is 16.1 Å². The van der Waals surface area contributed by atoms with Gasteiger partial charge in [0.05, 0.1) is 10.2 Å². The maximum atomic E-state index is 12.6. The normalized spacial score (nSPS) is 10.9. The smallest absolute Gasteiger partial charge is 0.275 e. The number of hydrogen-bond acceptors (Lipinski definition) is 7. The van der Waals surface area contributed by atoms with Crippen molar-refractivity contribution in [2.45, 2.75) is 6.92 Å². The number of carbonyl (C=O) groups is 1. The average Bonchev–Trinajstić information content (AvgIpc) is 3.42. The Morgan fingerprint density at radius 1 is 1.00 bits per heavy atom. The van der Waals surface area contributed by atoms with Crippen molar-refractivity contribution >= 4 is 55.4 Å². The molecule has 0 unspecified atom stereocenters. The Balaban J connectivity index is 1.27. The number of pyridine rings is 1. The van der Waals surface area contributed by atoms with Gasteiger partial charge in [-0.15, -0.1) is 22.7 Å². The zero-order valence-electron chi connectivity index (χ0n) is 16.5. The van der Waals surface area contributed by atoms with Gasteiger partial charge in [0.15, 0.2) is 5.13 Å². The summed E-state index contributed by atoms with van der Waals surface area (Å²) in [6.45, 7) is 2.08. The highest BCUT2D eigenvalue weighted by Crippen LogP contribution is 2.31. The van der Waals surface area contributed by atoms with Crippen molar-refractivity contribution in [3.05, 3.63) is 83.5 Å². The quantitative estimate of drug-likeness (QED) is 0.342. The SMILES string of the molecule is Cc1ccc2nc(-c3ccc(NC(=O)c4csc(Nc5ccccn5)n4)cc3)sc2c1. The summed E-state index contributed by atoms with van der Waals surface area (Å²) in [5, 5.41) is 9.28. The number of fused-ring (bicyclic) bond motifs is 1. The van der Waals surface area contributed by atoms with Crippen LogP contribution in [0.2, 0.25) is 0 Å². The molecule has 6 nitrogen and oxygen atoms in total. The summed E-state index contributed by atoms with van der Waals surface area (Å²) in [5.74, 6) is 0.429. The minimum Gasteiger partial charge on any atom is -0.321 e. The first-order valence-electron chi connectivity index (χ1n) is 9.57. The summed E-state index contributed by atoms with van der Waals surface area (Å²) < 4.78 is 1.17. The molecule has 3 heterocycles. The van der Waals surface area contributed by atoms with Crippen LogP contribution in [-0.4, -0.2) is 20.9 Å². The van der Waals surface area contributed by atoms with E-state index in [1.807, 2.05) is 48.5 Å². The molecular weight excluding hydrogens is 426 g/mol. The molecule has 5 rings (SSSR count). The molecule has 5 aromatic rings. The van der Waals surface area contributed by atoms with Gasteiger partial charge in [-0.05, 0) is 61.0 Å². The number of nitrogens with one attached hydrogen (secondary N) is 2. The van der Waals surface area contributed by atoms with Gasteiger partial charge in [-0.1, -0.05) is 12.1 Å². The Hall–Kier alpha value is -3.62. The fraction of sp³-hybridized carbons (Fsp3) is 0.0435. The van der Waals surface area contributed by atoms with Gasteiger partial charge in [0, 0.05) is 22.8 Å². The minimum atomic E-state index is -0.256. The molecule has 31 heavy (non-hydrogen) atoms. The lowest BCUT2D eigenvalue weighted by atomic mass is 10.2. The number of aryl methyl sites for hydroxylation is 1. The summed E-state index contributed by atoms with van der Waals surface area (Å²) in [6.07, 6.45) is 1.70. The third kappa shape index (κ3) is 4.30. The Bertz CT molecular complexity index is 1360. The predicted octanol–water partition coefficient (Wildman–Crippen LogP) is 6.12. The molecule has 0 saturated carbocycles. The van der Waals surface area contributed by atoms with Crippen LogP contribution in [0.5, 0.6) is 0 Å². The summed E-state index contributed by atoms with van der Waals surface area (Å²) in [7, 11) is 0. The molecule has 2 N–H and O–H groups in total. The lowest BCUT2D eigenvalue weighted by Crippen LogP contribution is -2.12. The van der Waals surface area contributed by atoms with E-state index in [4.69, 9.17) is 4.98 Å². The fourth-order valence-electron chi connectivity index (χ4n) is 3.03. The van der Waals surface area contributed by atoms with Crippen molar-refractivity contribution < 1.29 is 4.79 Å². The molecule has 0 spiro atoms. The second kappa shape index (κ2) is 8.25. The number of aromatic nitrogens is 3. The molecule has 0 bridgehead atoms. The van der Waals surface area contributed by atoms with E-state index in [0.717, 1.165) is 16.1 Å². The Labute approximate surface area is 186 Å². The van der Waals surface area contributed by atoms with E-state index in [2.05, 4.69) is 39.7 Å².